The number of aryl methyl sites for hydroxylation is 1. The van der Waals surface area contributed by atoms with Crippen molar-refractivity contribution < 1.29 is 19.1 Å². The molecule has 5 heteroatoms. The van der Waals surface area contributed by atoms with Crippen molar-refractivity contribution in [1.82, 2.24) is 0 Å². The molecule has 2 aromatic carbocycles. The maximum atomic E-state index is 12.8. The van der Waals surface area contributed by atoms with Crippen LogP contribution in [0.25, 0.3) is 22.6 Å². The molecule has 0 aliphatic heterocycles. The van der Waals surface area contributed by atoms with Gasteiger partial charge in [0.15, 0.2) is 12.0 Å². The van der Waals surface area contributed by atoms with Crippen molar-refractivity contribution in [2.75, 3.05) is 6.61 Å². The molecule has 1 aromatic heterocycles. The summed E-state index contributed by atoms with van der Waals surface area (Å²) in [6.45, 7) is 1.60. The normalized spacial score (nSPS) is 14.5. The van der Waals surface area contributed by atoms with Crippen LogP contribution in [-0.4, -0.2) is 17.7 Å². The van der Waals surface area contributed by atoms with Crippen LogP contribution < -0.4 is 10.2 Å². The predicted molar refractivity (Wildman–Crippen MR) is 103 cm³/mol. The van der Waals surface area contributed by atoms with Gasteiger partial charge in [0.05, 0.1) is 5.39 Å². The third kappa shape index (κ3) is 3.24. The number of carboxylic acid groups (broad SMARTS) is 1. The minimum absolute atomic E-state index is 0.0378. The Morgan fingerprint density at radius 1 is 1.22 bits per heavy atom. The second-order valence-corrected chi connectivity index (χ2v) is 6.61. The van der Waals surface area contributed by atoms with E-state index in [1.165, 1.54) is 0 Å². The number of aliphatic carboxylic acids is 1. The molecular weight excluding hydrogens is 344 g/mol. The van der Waals surface area contributed by atoms with Crippen LogP contribution in [0.3, 0.4) is 0 Å². The Bertz CT molecular complexity index is 1140. The molecule has 136 valence electrons. The van der Waals surface area contributed by atoms with Gasteiger partial charge in [-0.15, -0.1) is 0 Å². The van der Waals surface area contributed by atoms with Crippen LogP contribution in [0.15, 0.2) is 51.7 Å². The summed E-state index contributed by atoms with van der Waals surface area (Å²) < 4.78 is 11.3. The maximum absolute atomic E-state index is 12.8. The first-order chi connectivity index (χ1) is 13.0. The first-order valence-corrected chi connectivity index (χ1v) is 8.74. The zero-order valence-corrected chi connectivity index (χ0v) is 14.8. The molecule has 1 N–H and O–H groups in total. The average Bonchev–Trinajstić information content (AvgIpc) is 3.05. The average molecular weight is 362 g/mol. The van der Waals surface area contributed by atoms with E-state index in [1.54, 1.807) is 18.2 Å². The Kier molecular flexibility index (Phi) is 4.28. The number of ether oxygens (including phenoxy) is 1. The lowest BCUT2D eigenvalue weighted by atomic mass is 10.0. The van der Waals surface area contributed by atoms with Gasteiger partial charge in [-0.25, -0.2) is 4.79 Å². The number of carbonyl (C=O) groups is 1. The molecule has 0 spiro atoms. The lowest BCUT2D eigenvalue weighted by molar-refractivity contribution is -0.139. The zero-order chi connectivity index (χ0) is 19.0. The number of carboxylic acids is 1. The van der Waals surface area contributed by atoms with E-state index in [0.717, 1.165) is 23.1 Å². The molecule has 27 heavy (non-hydrogen) atoms. The number of fused-ring (bicyclic) bond motifs is 2. The maximum Gasteiger partial charge on any atom is 0.341 e. The Morgan fingerprint density at radius 2 is 2.04 bits per heavy atom. The second-order valence-electron chi connectivity index (χ2n) is 6.61. The van der Waals surface area contributed by atoms with Gasteiger partial charge >= 0.3 is 5.97 Å². The molecule has 0 radical (unpaired) electrons. The number of benzene rings is 2. The number of hydrogen-bond acceptors (Lipinski definition) is 4. The fourth-order valence-electron chi connectivity index (χ4n) is 3.38. The smallest absolute Gasteiger partial charge is 0.341 e. The molecule has 1 aliphatic carbocycles. The van der Waals surface area contributed by atoms with E-state index in [1.807, 2.05) is 31.2 Å². The second kappa shape index (κ2) is 6.76. The molecule has 3 aromatic rings. The van der Waals surface area contributed by atoms with Crippen molar-refractivity contribution in [3.63, 3.8) is 0 Å². The summed E-state index contributed by atoms with van der Waals surface area (Å²) in [7, 11) is 0. The lowest BCUT2D eigenvalue weighted by Crippen LogP contribution is -2.10. The van der Waals surface area contributed by atoms with Gasteiger partial charge in [0.25, 0.3) is 0 Å². The fraction of sp³-hybridized carbons (Fsp3) is 0.182. The van der Waals surface area contributed by atoms with E-state index in [-0.39, 0.29) is 5.43 Å². The Labute approximate surface area is 155 Å². The van der Waals surface area contributed by atoms with Crippen molar-refractivity contribution in [3.05, 3.63) is 75.1 Å². The van der Waals surface area contributed by atoms with E-state index in [2.05, 4.69) is 6.08 Å². The van der Waals surface area contributed by atoms with Crippen molar-refractivity contribution in [2.24, 2.45) is 0 Å². The molecule has 0 unspecified atom stereocenters. The molecule has 0 atom stereocenters. The molecule has 0 fully saturated rings. The first kappa shape index (κ1) is 17.1. The molecule has 5 nitrogen and oxygen atoms in total. The molecule has 4 rings (SSSR count). The van der Waals surface area contributed by atoms with Crippen LogP contribution in [-0.2, 0) is 11.2 Å². The third-order valence-electron chi connectivity index (χ3n) is 4.77. The van der Waals surface area contributed by atoms with Crippen LogP contribution in [0.1, 0.15) is 28.9 Å². The highest BCUT2D eigenvalue weighted by Crippen LogP contribution is 2.35. The highest BCUT2D eigenvalue weighted by atomic mass is 16.5. The Balaban J connectivity index is 1.80. The van der Waals surface area contributed by atoms with Gasteiger partial charge in [-0.2, -0.15) is 0 Å². The molecule has 0 saturated heterocycles. The summed E-state index contributed by atoms with van der Waals surface area (Å²) in [5.74, 6) is -0.0875. The van der Waals surface area contributed by atoms with Gasteiger partial charge in [-0.1, -0.05) is 24.3 Å². The summed E-state index contributed by atoms with van der Waals surface area (Å²) in [4.78, 5) is 23.5. The van der Waals surface area contributed by atoms with Crippen molar-refractivity contribution >= 4 is 28.6 Å². The standard InChI is InChI=1S/C22H18O5/c1-13-4-2-3-5-14(13)10-15-6-8-18-21(25)17-9-7-16(26-12-20(23)24)11-19(17)27-22(15)18/h2-5,7,9-11H,6,8,12H2,1H3,(H,23,24). The zero-order valence-electron chi connectivity index (χ0n) is 14.8. The molecule has 1 aliphatic rings. The summed E-state index contributed by atoms with van der Waals surface area (Å²) in [6, 6.07) is 12.9. The molecular formula is C22H18O5. The summed E-state index contributed by atoms with van der Waals surface area (Å²) in [5.41, 5.74) is 4.31. The van der Waals surface area contributed by atoms with Gasteiger partial charge < -0.3 is 14.3 Å². The van der Waals surface area contributed by atoms with Crippen LogP contribution in [0, 0.1) is 6.92 Å². The minimum Gasteiger partial charge on any atom is -0.482 e. The topological polar surface area (TPSA) is 76.7 Å². The lowest BCUT2D eigenvalue weighted by Gasteiger charge is -2.07. The number of hydrogen-bond donors (Lipinski definition) is 1. The van der Waals surface area contributed by atoms with Gasteiger partial charge in [0, 0.05) is 11.6 Å². The largest absolute Gasteiger partial charge is 0.482 e. The monoisotopic (exact) mass is 362 g/mol. The SMILES string of the molecule is Cc1ccccc1C=C1CCc2c1oc1cc(OCC(=O)O)ccc1c2=O. The van der Waals surface area contributed by atoms with Gasteiger partial charge in [0.2, 0.25) is 0 Å². The van der Waals surface area contributed by atoms with Gasteiger partial charge in [-0.3, -0.25) is 4.79 Å². The highest BCUT2D eigenvalue weighted by molar-refractivity contribution is 5.87. The van der Waals surface area contributed by atoms with E-state index >= 15 is 0 Å². The minimum atomic E-state index is -1.06. The first-order valence-electron chi connectivity index (χ1n) is 8.74. The van der Waals surface area contributed by atoms with E-state index in [0.29, 0.717) is 34.5 Å². The van der Waals surface area contributed by atoms with Crippen molar-refractivity contribution in [1.29, 1.82) is 0 Å². The van der Waals surface area contributed by atoms with E-state index < -0.39 is 12.6 Å². The van der Waals surface area contributed by atoms with Crippen molar-refractivity contribution in [3.8, 4) is 5.75 Å². The Morgan fingerprint density at radius 3 is 2.81 bits per heavy atom. The number of rotatable bonds is 4. The van der Waals surface area contributed by atoms with Crippen LogP contribution in [0.2, 0.25) is 0 Å². The highest BCUT2D eigenvalue weighted by Gasteiger charge is 2.24. The quantitative estimate of drug-likeness (QED) is 0.758. The molecule has 0 saturated carbocycles. The van der Waals surface area contributed by atoms with Crippen LogP contribution in [0.4, 0.5) is 0 Å². The van der Waals surface area contributed by atoms with E-state index in [9.17, 15) is 9.59 Å². The predicted octanol–water partition coefficient (Wildman–Crippen LogP) is 4.05. The molecule has 0 amide bonds. The summed E-state index contributed by atoms with van der Waals surface area (Å²) >= 11 is 0. The van der Waals surface area contributed by atoms with Gasteiger partial charge in [0.1, 0.15) is 17.1 Å². The Hall–Kier alpha value is -3.34. The van der Waals surface area contributed by atoms with Crippen LogP contribution >= 0.6 is 0 Å². The fourth-order valence-corrected chi connectivity index (χ4v) is 3.38. The molecule has 0 bridgehead atoms. The van der Waals surface area contributed by atoms with E-state index in [4.69, 9.17) is 14.3 Å². The van der Waals surface area contributed by atoms with Crippen LogP contribution in [0.5, 0.6) is 5.75 Å². The summed E-state index contributed by atoms with van der Waals surface area (Å²) in [6.07, 6.45) is 3.48. The number of allylic oxidation sites excluding steroid dienone is 1. The third-order valence-corrected chi connectivity index (χ3v) is 4.77. The van der Waals surface area contributed by atoms with Crippen molar-refractivity contribution in [2.45, 2.75) is 19.8 Å². The van der Waals surface area contributed by atoms with Gasteiger partial charge in [-0.05, 0) is 54.7 Å². The molecule has 1 heterocycles. The summed E-state index contributed by atoms with van der Waals surface area (Å²) in [5, 5.41) is 9.23.